The molecule has 0 unspecified atom stereocenters. The van der Waals surface area contributed by atoms with Gasteiger partial charge in [-0.3, -0.25) is 0 Å². The summed E-state index contributed by atoms with van der Waals surface area (Å²) in [5.74, 6) is 0. The summed E-state index contributed by atoms with van der Waals surface area (Å²) in [5.41, 5.74) is 3.20. The van der Waals surface area contributed by atoms with Gasteiger partial charge < -0.3 is 8.39 Å². The summed E-state index contributed by atoms with van der Waals surface area (Å²) < 4.78 is 15.9. The van der Waals surface area contributed by atoms with E-state index >= 15 is 0 Å². The molecule has 220 valence electrons. The van der Waals surface area contributed by atoms with Crippen LogP contribution in [0.15, 0.2) is 118 Å². The highest BCUT2D eigenvalue weighted by Gasteiger charge is 2.30. The Bertz CT molecular complexity index is 2090. The van der Waals surface area contributed by atoms with E-state index in [-0.39, 0.29) is 12.1 Å². The van der Waals surface area contributed by atoms with Crippen molar-refractivity contribution in [3.8, 4) is 0 Å². The van der Waals surface area contributed by atoms with Crippen molar-refractivity contribution < 1.29 is 8.39 Å². The molecule has 0 bridgehead atoms. The Balaban J connectivity index is 1.51. The Hall–Kier alpha value is -3.14. The minimum absolute atomic E-state index is 0.130. The van der Waals surface area contributed by atoms with Crippen LogP contribution in [0.25, 0.3) is 43.5 Å². The number of fused-ring (bicyclic) bond motifs is 5. The van der Waals surface area contributed by atoms with Crippen molar-refractivity contribution in [2.24, 2.45) is 0 Å². The van der Waals surface area contributed by atoms with Crippen LogP contribution in [0.3, 0.4) is 0 Å². The van der Waals surface area contributed by atoms with Crippen molar-refractivity contribution in [3.05, 3.63) is 140 Å². The normalized spacial score (nSPS) is 13.2. The lowest BCUT2D eigenvalue weighted by atomic mass is 9.99. The van der Waals surface area contributed by atoms with E-state index in [4.69, 9.17) is 54.8 Å². The molecule has 7 rings (SSSR count). The monoisotopic (exact) mass is 675 g/mol. The summed E-state index contributed by atoms with van der Waals surface area (Å²) in [6, 6.07) is 36.5. The molecule has 0 aliphatic heterocycles. The van der Waals surface area contributed by atoms with Gasteiger partial charge >= 0.3 is 8.16 Å². The molecule has 1 aromatic heterocycles. The maximum Gasteiger partial charge on any atom is 0.310 e. The summed E-state index contributed by atoms with van der Waals surface area (Å²) in [6.45, 7) is 4.35. The number of halogens is 4. The smallest absolute Gasteiger partial charge is 0.310 e. The van der Waals surface area contributed by atoms with Gasteiger partial charge in [-0.1, -0.05) is 119 Å². The molecule has 6 aromatic carbocycles. The second kappa shape index (κ2) is 12.0. The topological polar surface area (TPSA) is 29.5 Å². The second-order valence-corrected chi connectivity index (χ2v) is 13.9. The number of benzene rings is 6. The van der Waals surface area contributed by atoms with Crippen molar-refractivity contribution in [2.45, 2.75) is 25.9 Å². The third kappa shape index (κ3) is 5.48. The van der Waals surface area contributed by atoms with Gasteiger partial charge in [-0.25, -0.2) is 0 Å². The highest BCUT2D eigenvalue weighted by Crippen LogP contribution is 2.49. The molecule has 0 radical (unpaired) electrons. The molecule has 0 fully saturated rings. The zero-order valence-electron chi connectivity index (χ0n) is 23.8. The quantitative estimate of drug-likeness (QED) is 0.182. The average molecular weight is 677 g/mol. The molecule has 0 spiro atoms. The highest BCUT2D eigenvalue weighted by atomic mass is 35.5. The van der Waals surface area contributed by atoms with Gasteiger partial charge in [0.05, 0.1) is 10.0 Å². The predicted molar refractivity (Wildman–Crippen MR) is 189 cm³/mol. The first kappa shape index (κ1) is 29.6. The van der Waals surface area contributed by atoms with Crippen LogP contribution < -0.4 is 4.67 Å². The van der Waals surface area contributed by atoms with Gasteiger partial charge in [-0.2, -0.15) is 4.67 Å². The maximum absolute atomic E-state index is 6.82. The molecular weight excluding hydrogens is 651 g/mol. The summed E-state index contributed by atoms with van der Waals surface area (Å²) in [7, 11) is -1.82. The fourth-order valence-electron chi connectivity index (χ4n) is 5.83. The van der Waals surface area contributed by atoms with Crippen LogP contribution in [0, 0.1) is 0 Å². The maximum atomic E-state index is 6.82. The Kier molecular flexibility index (Phi) is 8.05. The fraction of sp³-hybridized carbons (Fsp3) is 0.111. The summed E-state index contributed by atoms with van der Waals surface area (Å²) in [5, 5.41) is 7.72. The van der Waals surface area contributed by atoms with E-state index in [1.807, 2.05) is 0 Å². The molecule has 0 amide bonds. The average Bonchev–Trinajstić information content (AvgIpc) is 3.18. The van der Waals surface area contributed by atoms with Crippen molar-refractivity contribution in [1.29, 1.82) is 0 Å². The first-order valence-electron chi connectivity index (χ1n) is 14.2. The SMILES string of the molecule is C[C@@H](c1ccc2ccccc2c1)N([C@@H](C)c1ccc2ccccc2c1)p1oc2c(Cl)cc(Cl)cc2c2cc(Cl)cc(Cl)c2o1. The van der Waals surface area contributed by atoms with Crippen LogP contribution in [-0.4, -0.2) is 0 Å². The Morgan fingerprint density at radius 1 is 0.523 bits per heavy atom. The molecule has 2 atom stereocenters. The zero-order valence-corrected chi connectivity index (χ0v) is 27.7. The molecular formula is C36H26Cl4NO2P. The number of hydrogen-bond donors (Lipinski definition) is 0. The Labute approximate surface area is 276 Å². The Morgan fingerprint density at radius 3 is 1.36 bits per heavy atom. The largest absolute Gasteiger partial charge is 0.406 e. The molecule has 7 aromatic rings. The van der Waals surface area contributed by atoms with E-state index in [1.54, 1.807) is 24.3 Å². The van der Waals surface area contributed by atoms with Gasteiger partial charge in [0.25, 0.3) is 0 Å². The molecule has 0 aliphatic carbocycles. The predicted octanol–water partition coefficient (Wildman–Crippen LogP) is 13.7. The van der Waals surface area contributed by atoms with E-state index in [1.165, 1.54) is 10.8 Å². The molecule has 8 heteroatoms. The van der Waals surface area contributed by atoms with Crippen molar-refractivity contribution in [2.75, 3.05) is 4.67 Å². The van der Waals surface area contributed by atoms with Crippen LogP contribution in [0.4, 0.5) is 0 Å². The van der Waals surface area contributed by atoms with Gasteiger partial charge in [0.2, 0.25) is 0 Å². The van der Waals surface area contributed by atoms with Gasteiger partial charge in [-0.05, 0) is 82.9 Å². The van der Waals surface area contributed by atoms with E-state index in [2.05, 4.69) is 103 Å². The standard InChI is InChI=1S/C36H26Cl4NO2P/c1-21(25-13-11-23-7-3-5-9-27(23)15-25)41(22(2)26-14-12-24-8-4-6-10-28(24)16-26)44-42-35-31(17-29(37)19-33(35)39)32-18-30(38)20-34(40)36(32)43-44/h3-22H,1-2H3/t21-,22-/m0/s1. The van der Waals surface area contributed by atoms with Gasteiger partial charge in [0.15, 0.2) is 11.2 Å². The van der Waals surface area contributed by atoms with Crippen LogP contribution in [0.2, 0.25) is 20.1 Å². The molecule has 44 heavy (non-hydrogen) atoms. The number of nitrogens with zero attached hydrogens (tertiary/aromatic N) is 1. The number of rotatable bonds is 5. The van der Waals surface area contributed by atoms with E-state index in [9.17, 15) is 0 Å². The number of hydrogen-bond acceptors (Lipinski definition) is 3. The van der Waals surface area contributed by atoms with Crippen molar-refractivity contribution >= 4 is 98.1 Å². The van der Waals surface area contributed by atoms with E-state index in [0.29, 0.717) is 42.0 Å². The zero-order chi connectivity index (χ0) is 30.5. The van der Waals surface area contributed by atoms with Crippen LogP contribution in [0.1, 0.15) is 37.1 Å². The van der Waals surface area contributed by atoms with Gasteiger partial charge in [-0.15, -0.1) is 0 Å². The third-order valence-electron chi connectivity index (χ3n) is 8.14. The highest BCUT2D eigenvalue weighted by molar-refractivity contribution is 7.39. The summed E-state index contributed by atoms with van der Waals surface area (Å²) in [4.78, 5) is 0. The van der Waals surface area contributed by atoms with Crippen LogP contribution in [-0.2, 0) is 0 Å². The first-order valence-corrected chi connectivity index (χ1v) is 16.8. The Morgan fingerprint density at radius 2 is 0.932 bits per heavy atom. The minimum atomic E-state index is -1.82. The lowest BCUT2D eigenvalue weighted by Gasteiger charge is -2.32. The van der Waals surface area contributed by atoms with Gasteiger partial charge in [0.1, 0.15) is 0 Å². The summed E-state index contributed by atoms with van der Waals surface area (Å²) >= 11 is 26.6. The van der Waals surface area contributed by atoms with E-state index in [0.717, 1.165) is 21.9 Å². The first-order chi connectivity index (χ1) is 21.3. The van der Waals surface area contributed by atoms with Crippen LogP contribution >= 0.6 is 54.6 Å². The molecule has 0 aliphatic rings. The second-order valence-electron chi connectivity index (χ2n) is 10.9. The van der Waals surface area contributed by atoms with E-state index < -0.39 is 8.16 Å². The molecule has 3 nitrogen and oxygen atoms in total. The molecule has 0 saturated heterocycles. The fourth-order valence-corrected chi connectivity index (χ4v) is 8.77. The van der Waals surface area contributed by atoms with Gasteiger partial charge in [0, 0.05) is 32.9 Å². The van der Waals surface area contributed by atoms with Crippen LogP contribution in [0.5, 0.6) is 0 Å². The van der Waals surface area contributed by atoms with Crippen molar-refractivity contribution in [3.63, 3.8) is 0 Å². The minimum Gasteiger partial charge on any atom is -0.406 e. The lowest BCUT2D eigenvalue weighted by molar-refractivity contribution is 0.559. The third-order valence-corrected chi connectivity index (χ3v) is 10.9. The lowest BCUT2D eigenvalue weighted by Crippen LogP contribution is -2.27. The summed E-state index contributed by atoms with van der Waals surface area (Å²) in [6.07, 6.45) is 0. The molecule has 0 saturated carbocycles. The molecule has 1 heterocycles. The molecule has 0 N–H and O–H groups in total. The van der Waals surface area contributed by atoms with Crippen molar-refractivity contribution in [1.82, 2.24) is 0 Å².